The Hall–Kier alpha value is -1.77. The van der Waals surface area contributed by atoms with Crippen LogP contribution in [0.1, 0.15) is 11.3 Å². The average Bonchev–Trinajstić information content (AvgIpc) is 2.65. The van der Waals surface area contributed by atoms with E-state index >= 15 is 0 Å². The first-order valence-corrected chi connectivity index (χ1v) is 9.52. The van der Waals surface area contributed by atoms with Gasteiger partial charge in [-0.1, -0.05) is 0 Å². The molecule has 1 aromatic carbocycles. The molecule has 0 N–H and O–H groups in total. The van der Waals surface area contributed by atoms with Crippen molar-refractivity contribution in [3.05, 3.63) is 62.0 Å². The van der Waals surface area contributed by atoms with E-state index in [1.54, 1.807) is 10.6 Å². The van der Waals surface area contributed by atoms with E-state index in [2.05, 4.69) is 20.8 Å². The Morgan fingerprint density at radius 1 is 1.19 bits per heavy atom. The van der Waals surface area contributed by atoms with E-state index < -0.39 is 11.6 Å². The molecule has 0 unspecified atom stereocenters. The lowest BCUT2D eigenvalue weighted by Crippen LogP contribution is -2.39. The lowest BCUT2D eigenvalue weighted by molar-refractivity contribution is 0.0362. The summed E-state index contributed by atoms with van der Waals surface area (Å²) in [6, 6.07) is 5.05. The second-order valence-corrected chi connectivity index (χ2v) is 7.19. The largest absolute Gasteiger partial charge is 0.487 e. The van der Waals surface area contributed by atoms with Crippen LogP contribution in [-0.2, 0) is 17.9 Å². The van der Waals surface area contributed by atoms with E-state index in [4.69, 9.17) is 9.47 Å². The number of rotatable bonds is 6. The third-order valence-corrected chi connectivity index (χ3v) is 5.29. The zero-order chi connectivity index (χ0) is 19.4. The second-order valence-electron chi connectivity index (χ2n) is 6.40. The van der Waals surface area contributed by atoms with Crippen molar-refractivity contribution in [2.24, 2.45) is 0 Å². The zero-order valence-corrected chi connectivity index (χ0v) is 16.6. The number of morpholine rings is 1. The molecule has 0 spiro atoms. The van der Waals surface area contributed by atoms with Gasteiger partial charge < -0.3 is 14.0 Å². The van der Waals surface area contributed by atoms with Gasteiger partial charge in [0.05, 0.1) is 13.2 Å². The molecule has 1 aliphatic rings. The van der Waals surface area contributed by atoms with Gasteiger partial charge in [-0.05, 0) is 35.0 Å². The summed E-state index contributed by atoms with van der Waals surface area (Å²) in [4.78, 5) is 14.9. The maximum atomic E-state index is 13.7. The molecular formula is C19H21BrF2N2O3. The van der Waals surface area contributed by atoms with Gasteiger partial charge in [0.15, 0.2) is 0 Å². The number of benzene rings is 1. The topological polar surface area (TPSA) is 43.7 Å². The lowest BCUT2D eigenvalue weighted by Gasteiger charge is -2.27. The van der Waals surface area contributed by atoms with Gasteiger partial charge in [-0.2, -0.15) is 0 Å². The van der Waals surface area contributed by atoms with Gasteiger partial charge in [0, 0.05) is 49.6 Å². The number of aromatic nitrogens is 1. The van der Waals surface area contributed by atoms with Crippen molar-refractivity contribution in [1.29, 1.82) is 0 Å². The summed E-state index contributed by atoms with van der Waals surface area (Å²) in [6.07, 6.45) is 0. The molecule has 1 aliphatic heterocycles. The summed E-state index contributed by atoms with van der Waals surface area (Å²) in [6.45, 7) is 6.21. The number of halogens is 3. The molecule has 1 fully saturated rings. The number of hydrogen-bond donors (Lipinski definition) is 0. The van der Waals surface area contributed by atoms with Gasteiger partial charge in [0.25, 0.3) is 5.56 Å². The van der Waals surface area contributed by atoms with Gasteiger partial charge in [-0.25, -0.2) is 8.78 Å². The Labute approximate surface area is 164 Å². The number of pyridine rings is 1. The highest BCUT2D eigenvalue weighted by atomic mass is 79.9. The van der Waals surface area contributed by atoms with Gasteiger partial charge >= 0.3 is 0 Å². The van der Waals surface area contributed by atoms with Crippen molar-refractivity contribution in [2.45, 2.75) is 20.1 Å². The first kappa shape index (κ1) is 20.0. The first-order valence-electron chi connectivity index (χ1n) is 8.72. The molecule has 0 aliphatic carbocycles. The van der Waals surface area contributed by atoms with Crippen LogP contribution in [0.3, 0.4) is 0 Å². The Morgan fingerprint density at radius 3 is 2.63 bits per heavy atom. The van der Waals surface area contributed by atoms with Gasteiger partial charge in [-0.15, -0.1) is 0 Å². The van der Waals surface area contributed by atoms with Crippen LogP contribution >= 0.6 is 15.9 Å². The van der Waals surface area contributed by atoms with E-state index in [9.17, 15) is 13.6 Å². The fraction of sp³-hybridized carbons (Fsp3) is 0.421. The predicted octanol–water partition coefficient (Wildman–Crippen LogP) is 3.11. The molecule has 3 rings (SSSR count). The molecule has 27 heavy (non-hydrogen) atoms. The van der Waals surface area contributed by atoms with Crippen LogP contribution in [0.5, 0.6) is 5.75 Å². The average molecular weight is 443 g/mol. The molecular weight excluding hydrogens is 422 g/mol. The summed E-state index contributed by atoms with van der Waals surface area (Å²) in [7, 11) is 0. The summed E-state index contributed by atoms with van der Waals surface area (Å²) in [5, 5.41) is 0. The van der Waals surface area contributed by atoms with Gasteiger partial charge in [-0.3, -0.25) is 9.69 Å². The third kappa shape index (κ3) is 4.94. The number of hydrogen-bond acceptors (Lipinski definition) is 4. The monoisotopic (exact) mass is 442 g/mol. The molecule has 0 atom stereocenters. The zero-order valence-electron chi connectivity index (χ0n) is 15.0. The second kappa shape index (κ2) is 8.95. The van der Waals surface area contributed by atoms with Gasteiger partial charge in [0.2, 0.25) is 0 Å². The molecule has 1 saturated heterocycles. The first-order chi connectivity index (χ1) is 13.0. The molecule has 146 valence electrons. The number of aryl methyl sites for hydroxylation is 1. The lowest BCUT2D eigenvalue weighted by atomic mass is 10.2. The number of ether oxygens (including phenoxy) is 2. The minimum absolute atomic E-state index is 0.0958. The van der Waals surface area contributed by atoms with E-state index in [1.165, 1.54) is 12.1 Å². The standard InChI is InChI=1S/C19H21BrF2N2O3/c1-13-10-17(27-12-14-2-3-15(21)11-16(14)22)18(20)19(25)24(13)5-4-23-6-8-26-9-7-23/h2-3,10-11H,4-9,12H2,1H3. The molecule has 2 heterocycles. The highest BCUT2D eigenvalue weighted by Crippen LogP contribution is 2.24. The normalized spacial score (nSPS) is 15.1. The fourth-order valence-electron chi connectivity index (χ4n) is 2.96. The smallest absolute Gasteiger partial charge is 0.268 e. The van der Waals surface area contributed by atoms with E-state index in [1.807, 2.05) is 6.92 Å². The third-order valence-electron chi connectivity index (χ3n) is 4.56. The molecule has 8 heteroatoms. The van der Waals surface area contributed by atoms with Crippen molar-refractivity contribution in [2.75, 3.05) is 32.8 Å². The van der Waals surface area contributed by atoms with Gasteiger partial charge in [0.1, 0.15) is 28.5 Å². The Bertz CT molecular complexity index is 867. The highest BCUT2D eigenvalue weighted by molar-refractivity contribution is 9.10. The van der Waals surface area contributed by atoms with Crippen molar-refractivity contribution in [3.8, 4) is 5.75 Å². The highest BCUT2D eigenvalue weighted by Gasteiger charge is 2.15. The Morgan fingerprint density at radius 2 is 1.93 bits per heavy atom. The maximum Gasteiger partial charge on any atom is 0.268 e. The molecule has 0 saturated carbocycles. The van der Waals surface area contributed by atoms with Crippen LogP contribution < -0.4 is 10.3 Å². The summed E-state index contributed by atoms with van der Waals surface area (Å²) in [5.41, 5.74) is 0.779. The van der Waals surface area contributed by atoms with Crippen LogP contribution in [-0.4, -0.2) is 42.3 Å². The fourth-order valence-corrected chi connectivity index (χ4v) is 3.40. The van der Waals surface area contributed by atoms with Crippen LogP contribution in [0, 0.1) is 18.6 Å². The van der Waals surface area contributed by atoms with Crippen LogP contribution in [0.15, 0.2) is 33.5 Å². The summed E-state index contributed by atoms with van der Waals surface area (Å²) >= 11 is 3.29. The van der Waals surface area contributed by atoms with Crippen LogP contribution in [0.25, 0.3) is 0 Å². The van der Waals surface area contributed by atoms with Crippen molar-refractivity contribution >= 4 is 15.9 Å². The summed E-state index contributed by atoms with van der Waals surface area (Å²) < 4.78 is 39.6. The minimum Gasteiger partial charge on any atom is -0.487 e. The molecule has 0 radical (unpaired) electrons. The minimum atomic E-state index is -0.679. The van der Waals surface area contributed by atoms with Crippen molar-refractivity contribution in [1.82, 2.24) is 9.47 Å². The van der Waals surface area contributed by atoms with Crippen molar-refractivity contribution in [3.63, 3.8) is 0 Å². The maximum absolute atomic E-state index is 13.7. The molecule has 1 aromatic heterocycles. The quantitative estimate of drug-likeness (QED) is 0.689. The Balaban J connectivity index is 1.71. The van der Waals surface area contributed by atoms with E-state index in [-0.39, 0.29) is 22.2 Å². The van der Waals surface area contributed by atoms with Crippen LogP contribution in [0.4, 0.5) is 8.78 Å². The predicted molar refractivity (Wildman–Crippen MR) is 101 cm³/mol. The number of nitrogens with zero attached hydrogens (tertiary/aromatic N) is 2. The molecule has 5 nitrogen and oxygen atoms in total. The van der Waals surface area contributed by atoms with E-state index in [0.29, 0.717) is 25.5 Å². The molecule has 0 amide bonds. The Kier molecular flexibility index (Phi) is 6.62. The molecule has 0 bridgehead atoms. The van der Waals surface area contributed by atoms with E-state index in [0.717, 1.165) is 31.4 Å². The molecule has 2 aromatic rings. The summed E-state index contributed by atoms with van der Waals surface area (Å²) in [5.74, 6) is -0.985. The van der Waals surface area contributed by atoms with Crippen molar-refractivity contribution < 1.29 is 18.3 Å². The SMILES string of the molecule is Cc1cc(OCc2ccc(F)cc2F)c(Br)c(=O)n1CCN1CCOCC1. The van der Waals surface area contributed by atoms with Crippen LogP contribution in [0.2, 0.25) is 0 Å².